The molecule has 0 saturated carbocycles. The van der Waals surface area contributed by atoms with Crippen LogP contribution in [0.2, 0.25) is 0 Å². The third kappa shape index (κ3) is 3.48. The summed E-state index contributed by atoms with van der Waals surface area (Å²) < 4.78 is 26.4. The summed E-state index contributed by atoms with van der Waals surface area (Å²) in [5.41, 5.74) is 3.10. The van der Waals surface area contributed by atoms with E-state index < -0.39 is 0 Å². The van der Waals surface area contributed by atoms with E-state index in [1.54, 1.807) is 23.1 Å². The molecular formula is C22H26N4O4S2. The smallest absolute Gasteiger partial charge is 0.309 e. The predicted octanol–water partition coefficient (Wildman–Crippen LogP) is 4.78. The average molecular weight is 475 g/mol. The molecule has 0 bridgehead atoms. The lowest BCUT2D eigenvalue weighted by Gasteiger charge is -2.14. The number of aromatic nitrogens is 4. The molecule has 0 amide bonds. The summed E-state index contributed by atoms with van der Waals surface area (Å²) >= 11 is 3.30. The van der Waals surface area contributed by atoms with Gasteiger partial charge < -0.3 is 18.6 Å². The van der Waals surface area contributed by atoms with Crippen LogP contribution < -0.4 is 14.2 Å². The number of hydrogen-bond donors (Lipinski definition) is 0. The number of hydrogen-bond acceptors (Lipinski definition) is 9. The fraction of sp³-hybridized carbons (Fsp3) is 0.591. The standard InChI is InChI=1S/C22H26N4O4S2/c1-11(15-8-16-26(25-15)4-5-27-16)6-13-9-28-20-17(13)23-19(30-20)12(2)7-14-10-29-21-18(14)24-22(31-3)32-21/h8,11-14H,4-7,9-10H2,1-3H3. The first-order valence-corrected chi connectivity index (χ1v) is 13.1. The molecule has 6 rings (SSSR count). The molecule has 3 aromatic heterocycles. The van der Waals surface area contributed by atoms with Gasteiger partial charge in [0.15, 0.2) is 9.40 Å². The van der Waals surface area contributed by atoms with Crippen LogP contribution in [-0.2, 0) is 6.54 Å². The lowest BCUT2D eigenvalue weighted by Crippen LogP contribution is -2.10. The van der Waals surface area contributed by atoms with Crippen molar-refractivity contribution in [2.24, 2.45) is 0 Å². The zero-order chi connectivity index (χ0) is 21.8. The molecule has 170 valence electrons. The lowest BCUT2D eigenvalue weighted by molar-refractivity contribution is 0.239. The number of thiazole rings is 1. The highest BCUT2D eigenvalue weighted by Gasteiger charge is 2.36. The number of nitrogens with zero attached hydrogens (tertiary/aromatic N) is 4. The molecule has 0 radical (unpaired) electrons. The van der Waals surface area contributed by atoms with Gasteiger partial charge in [0.25, 0.3) is 0 Å². The van der Waals surface area contributed by atoms with Gasteiger partial charge >= 0.3 is 5.95 Å². The maximum atomic E-state index is 6.04. The molecular weight excluding hydrogens is 448 g/mol. The van der Waals surface area contributed by atoms with Crippen LogP contribution in [0.5, 0.6) is 16.9 Å². The molecule has 0 aromatic carbocycles. The minimum Gasteiger partial charge on any atom is -0.482 e. The summed E-state index contributed by atoms with van der Waals surface area (Å²) in [6.07, 6.45) is 3.86. The highest BCUT2D eigenvalue weighted by molar-refractivity contribution is 8.00. The van der Waals surface area contributed by atoms with Crippen molar-refractivity contribution in [3.8, 4) is 16.9 Å². The molecule has 4 unspecified atom stereocenters. The van der Waals surface area contributed by atoms with Crippen molar-refractivity contribution < 1.29 is 18.6 Å². The van der Waals surface area contributed by atoms with Crippen molar-refractivity contribution in [3.05, 3.63) is 29.0 Å². The van der Waals surface area contributed by atoms with Gasteiger partial charge in [0, 0.05) is 29.7 Å². The average Bonchev–Trinajstić information content (AvgIpc) is 3.57. The largest absolute Gasteiger partial charge is 0.482 e. The van der Waals surface area contributed by atoms with E-state index in [0.717, 1.165) is 57.6 Å². The molecule has 3 aliphatic rings. The van der Waals surface area contributed by atoms with Crippen LogP contribution in [0.25, 0.3) is 0 Å². The van der Waals surface area contributed by atoms with E-state index in [0.29, 0.717) is 25.8 Å². The summed E-state index contributed by atoms with van der Waals surface area (Å²) in [6, 6.07) is 2.06. The van der Waals surface area contributed by atoms with E-state index in [1.807, 2.05) is 10.9 Å². The van der Waals surface area contributed by atoms with Gasteiger partial charge in [0.2, 0.25) is 11.8 Å². The summed E-state index contributed by atoms with van der Waals surface area (Å²) in [7, 11) is 0. The van der Waals surface area contributed by atoms with Gasteiger partial charge in [-0.3, -0.25) is 0 Å². The van der Waals surface area contributed by atoms with Gasteiger partial charge in [-0.2, -0.15) is 5.10 Å². The second-order valence-corrected chi connectivity index (χ2v) is 10.9. The second kappa shape index (κ2) is 7.98. The Labute approximate surface area is 194 Å². The Morgan fingerprint density at radius 1 is 1.09 bits per heavy atom. The number of rotatable bonds is 7. The fourth-order valence-electron chi connectivity index (χ4n) is 4.77. The Balaban J connectivity index is 1.13. The lowest BCUT2D eigenvalue weighted by atomic mass is 9.92. The first-order chi connectivity index (χ1) is 15.6. The van der Waals surface area contributed by atoms with E-state index in [1.165, 1.54) is 0 Å². The SMILES string of the molecule is CSc1nc2c(s1)OCC2CC(C)c1nc2c(o1)OCC2CC(C)c1cc2n(n1)CCO2. The van der Waals surface area contributed by atoms with E-state index in [-0.39, 0.29) is 23.7 Å². The Morgan fingerprint density at radius 3 is 2.75 bits per heavy atom. The first-order valence-electron chi connectivity index (χ1n) is 11.1. The minimum absolute atomic E-state index is 0.162. The van der Waals surface area contributed by atoms with Crippen LogP contribution in [0, 0.1) is 0 Å². The first kappa shape index (κ1) is 20.4. The quantitative estimate of drug-likeness (QED) is 0.452. The number of fused-ring (bicyclic) bond motifs is 3. The van der Waals surface area contributed by atoms with E-state index in [9.17, 15) is 0 Å². The van der Waals surface area contributed by atoms with Crippen molar-refractivity contribution >= 4 is 23.1 Å². The molecule has 10 heteroatoms. The Hall–Kier alpha value is -2.20. The predicted molar refractivity (Wildman–Crippen MR) is 121 cm³/mol. The molecule has 0 saturated heterocycles. The zero-order valence-electron chi connectivity index (χ0n) is 18.4. The number of ether oxygens (including phenoxy) is 3. The Kier molecular flexibility index (Phi) is 5.09. The number of thioether (sulfide) groups is 1. The van der Waals surface area contributed by atoms with E-state index >= 15 is 0 Å². The van der Waals surface area contributed by atoms with Crippen molar-refractivity contribution in [3.63, 3.8) is 0 Å². The van der Waals surface area contributed by atoms with Crippen LogP contribution in [0.1, 0.15) is 73.3 Å². The monoisotopic (exact) mass is 474 g/mol. The molecule has 8 nitrogen and oxygen atoms in total. The molecule has 0 N–H and O–H groups in total. The minimum atomic E-state index is 0.162. The maximum absolute atomic E-state index is 6.04. The highest BCUT2D eigenvalue weighted by Crippen LogP contribution is 2.46. The second-order valence-electron chi connectivity index (χ2n) is 8.85. The van der Waals surface area contributed by atoms with Crippen LogP contribution in [0.15, 0.2) is 14.8 Å². The van der Waals surface area contributed by atoms with Crippen molar-refractivity contribution in [2.75, 3.05) is 26.1 Å². The molecule has 6 heterocycles. The number of oxazole rings is 1. The summed E-state index contributed by atoms with van der Waals surface area (Å²) in [4.78, 5) is 9.63. The normalized spacial score (nSPS) is 22.6. The van der Waals surface area contributed by atoms with Crippen LogP contribution in [0.3, 0.4) is 0 Å². The summed E-state index contributed by atoms with van der Waals surface area (Å²) in [6.45, 7) is 7.20. The van der Waals surface area contributed by atoms with Crippen LogP contribution in [-0.4, -0.2) is 45.8 Å². The van der Waals surface area contributed by atoms with Crippen LogP contribution >= 0.6 is 23.1 Å². The molecule has 0 spiro atoms. The molecule has 4 atom stereocenters. The third-order valence-corrected chi connectivity index (χ3v) is 8.50. The van der Waals surface area contributed by atoms with Gasteiger partial charge in [-0.15, -0.1) is 0 Å². The van der Waals surface area contributed by atoms with Crippen molar-refractivity contribution in [2.45, 2.75) is 61.2 Å². The van der Waals surface area contributed by atoms with Crippen LogP contribution in [0.4, 0.5) is 0 Å². The van der Waals surface area contributed by atoms with Crippen molar-refractivity contribution in [1.82, 2.24) is 19.7 Å². The zero-order valence-corrected chi connectivity index (χ0v) is 20.0. The fourth-order valence-corrected chi connectivity index (χ4v) is 6.27. The van der Waals surface area contributed by atoms with E-state index in [4.69, 9.17) is 33.7 Å². The Bertz CT molecular complexity index is 1120. The molecule has 3 aromatic rings. The Morgan fingerprint density at radius 2 is 1.91 bits per heavy atom. The van der Waals surface area contributed by atoms with Gasteiger partial charge in [0.1, 0.15) is 24.6 Å². The van der Waals surface area contributed by atoms with Gasteiger partial charge in [-0.05, 0) is 19.1 Å². The molecule has 3 aliphatic heterocycles. The van der Waals surface area contributed by atoms with Crippen molar-refractivity contribution in [1.29, 1.82) is 0 Å². The highest BCUT2D eigenvalue weighted by atomic mass is 32.2. The molecule has 32 heavy (non-hydrogen) atoms. The molecule has 0 fully saturated rings. The topological polar surface area (TPSA) is 84.4 Å². The van der Waals surface area contributed by atoms with E-state index in [2.05, 4.69) is 19.9 Å². The summed E-state index contributed by atoms with van der Waals surface area (Å²) in [5, 5.41) is 5.66. The van der Waals surface area contributed by atoms with Gasteiger partial charge in [-0.25, -0.2) is 14.6 Å². The van der Waals surface area contributed by atoms with Gasteiger partial charge in [0.05, 0.1) is 18.8 Å². The third-order valence-electron chi connectivity index (χ3n) is 6.53. The maximum Gasteiger partial charge on any atom is 0.309 e. The molecule has 0 aliphatic carbocycles. The van der Waals surface area contributed by atoms with Gasteiger partial charge in [-0.1, -0.05) is 36.9 Å². The summed E-state index contributed by atoms with van der Waals surface area (Å²) in [5.74, 6) is 3.15.